The van der Waals surface area contributed by atoms with Crippen LogP contribution >= 0.6 is 15.9 Å². The summed E-state index contributed by atoms with van der Waals surface area (Å²) in [5.41, 5.74) is 3.46. The van der Waals surface area contributed by atoms with Crippen LogP contribution in [0.25, 0.3) is 0 Å². The number of halogens is 1. The molecule has 1 aromatic carbocycles. The van der Waals surface area contributed by atoms with Gasteiger partial charge in [-0.2, -0.15) is 5.10 Å². The maximum Gasteiger partial charge on any atom is 0.243 e. The van der Waals surface area contributed by atoms with E-state index in [1.807, 2.05) is 18.2 Å². The van der Waals surface area contributed by atoms with Gasteiger partial charge in [0.15, 0.2) is 0 Å². The fourth-order valence-electron chi connectivity index (χ4n) is 2.43. The molecule has 1 N–H and O–H groups in total. The van der Waals surface area contributed by atoms with Crippen molar-refractivity contribution < 1.29 is 9.53 Å². The van der Waals surface area contributed by atoms with Gasteiger partial charge >= 0.3 is 0 Å². The Morgan fingerprint density at radius 2 is 2.15 bits per heavy atom. The second-order valence-electron chi connectivity index (χ2n) is 4.96. The molecular weight excluding hydrogens is 320 g/mol. The summed E-state index contributed by atoms with van der Waals surface area (Å²) in [6.07, 6.45) is 7.08. The molecule has 1 fully saturated rings. The van der Waals surface area contributed by atoms with Crippen LogP contribution in [0.4, 0.5) is 0 Å². The van der Waals surface area contributed by atoms with Gasteiger partial charge in [0.1, 0.15) is 5.75 Å². The largest absolute Gasteiger partial charge is 0.496 e. The van der Waals surface area contributed by atoms with Gasteiger partial charge in [0.2, 0.25) is 5.91 Å². The van der Waals surface area contributed by atoms with E-state index in [2.05, 4.69) is 26.5 Å². The van der Waals surface area contributed by atoms with E-state index in [0.29, 0.717) is 0 Å². The first kappa shape index (κ1) is 15.0. The predicted octanol–water partition coefficient (Wildman–Crippen LogP) is 3.49. The molecule has 108 valence electrons. The maximum atomic E-state index is 11.9. The van der Waals surface area contributed by atoms with Crippen molar-refractivity contribution in [2.75, 3.05) is 7.11 Å². The van der Waals surface area contributed by atoms with Crippen LogP contribution in [0.1, 0.15) is 37.7 Å². The lowest BCUT2D eigenvalue weighted by molar-refractivity contribution is -0.125. The monoisotopic (exact) mass is 338 g/mol. The molecule has 0 heterocycles. The maximum absolute atomic E-state index is 11.9. The van der Waals surface area contributed by atoms with Crippen LogP contribution < -0.4 is 10.2 Å². The standard InChI is InChI=1S/C15H19BrN2O2/c1-20-14-8-7-13(16)9-12(14)10-17-18-15(19)11-5-3-2-4-6-11/h7-11H,2-6H2,1H3,(H,18,19)/b17-10+. The van der Waals surface area contributed by atoms with Gasteiger partial charge in [-0.25, -0.2) is 5.43 Å². The summed E-state index contributed by atoms with van der Waals surface area (Å²) in [5, 5.41) is 4.04. The molecule has 0 aromatic heterocycles. The number of carbonyl (C=O) groups is 1. The molecule has 0 aliphatic heterocycles. The number of nitrogens with zero attached hydrogens (tertiary/aromatic N) is 1. The van der Waals surface area contributed by atoms with Gasteiger partial charge in [-0.15, -0.1) is 0 Å². The Hall–Kier alpha value is -1.36. The van der Waals surface area contributed by atoms with E-state index < -0.39 is 0 Å². The molecule has 0 atom stereocenters. The molecule has 0 radical (unpaired) electrons. The average molecular weight is 339 g/mol. The highest BCUT2D eigenvalue weighted by Crippen LogP contribution is 2.24. The van der Waals surface area contributed by atoms with Gasteiger partial charge in [0.05, 0.1) is 13.3 Å². The molecule has 1 saturated carbocycles. The number of ether oxygens (including phenoxy) is 1. The molecule has 1 aliphatic carbocycles. The van der Waals surface area contributed by atoms with Gasteiger partial charge in [-0.3, -0.25) is 4.79 Å². The number of amides is 1. The van der Waals surface area contributed by atoms with Crippen LogP contribution in [-0.4, -0.2) is 19.2 Å². The highest BCUT2D eigenvalue weighted by atomic mass is 79.9. The summed E-state index contributed by atoms with van der Waals surface area (Å²) in [5.74, 6) is 0.865. The van der Waals surface area contributed by atoms with Crippen molar-refractivity contribution in [1.82, 2.24) is 5.43 Å². The number of hydrazone groups is 1. The van der Waals surface area contributed by atoms with Crippen LogP contribution in [-0.2, 0) is 4.79 Å². The van der Waals surface area contributed by atoms with Crippen molar-refractivity contribution in [2.24, 2.45) is 11.0 Å². The zero-order valence-corrected chi connectivity index (χ0v) is 13.1. The Morgan fingerprint density at radius 3 is 2.85 bits per heavy atom. The third-order valence-electron chi connectivity index (χ3n) is 3.55. The van der Waals surface area contributed by atoms with Crippen LogP contribution in [0, 0.1) is 5.92 Å². The molecule has 0 unspecified atom stereocenters. The number of rotatable bonds is 4. The highest BCUT2D eigenvalue weighted by molar-refractivity contribution is 9.10. The summed E-state index contributed by atoms with van der Waals surface area (Å²) >= 11 is 3.40. The van der Waals surface area contributed by atoms with Crippen LogP contribution in [0.2, 0.25) is 0 Å². The molecule has 4 nitrogen and oxygen atoms in total. The number of hydrogen-bond acceptors (Lipinski definition) is 3. The summed E-state index contributed by atoms with van der Waals surface area (Å²) < 4.78 is 6.19. The lowest BCUT2D eigenvalue weighted by Crippen LogP contribution is -2.28. The molecule has 20 heavy (non-hydrogen) atoms. The molecular formula is C15H19BrN2O2. The van der Waals surface area contributed by atoms with Crippen molar-refractivity contribution in [3.05, 3.63) is 28.2 Å². The van der Waals surface area contributed by atoms with Crippen LogP contribution in [0.5, 0.6) is 5.75 Å². The first-order valence-corrected chi connectivity index (χ1v) is 7.66. The predicted molar refractivity (Wildman–Crippen MR) is 83.0 cm³/mol. The Bertz CT molecular complexity index is 497. The van der Waals surface area contributed by atoms with Gasteiger partial charge in [-0.05, 0) is 31.0 Å². The van der Waals surface area contributed by atoms with Gasteiger partial charge in [0, 0.05) is 16.0 Å². The number of hydrogen-bond donors (Lipinski definition) is 1. The fourth-order valence-corrected chi connectivity index (χ4v) is 2.81. The van der Waals surface area contributed by atoms with Crippen LogP contribution in [0.15, 0.2) is 27.8 Å². The summed E-state index contributed by atoms with van der Waals surface area (Å²) in [4.78, 5) is 11.9. The minimum atomic E-state index is 0.0231. The minimum Gasteiger partial charge on any atom is -0.496 e. The van der Waals surface area contributed by atoms with E-state index in [1.165, 1.54) is 6.42 Å². The SMILES string of the molecule is COc1ccc(Br)cc1/C=N/NC(=O)C1CCCCC1. The number of benzene rings is 1. The number of carbonyl (C=O) groups excluding carboxylic acids is 1. The normalized spacial score (nSPS) is 16.3. The Kier molecular flexibility index (Phi) is 5.59. The Labute approximate surface area is 127 Å². The van der Waals surface area contributed by atoms with E-state index in [1.54, 1.807) is 13.3 Å². The Morgan fingerprint density at radius 1 is 1.40 bits per heavy atom. The molecule has 0 spiro atoms. The van der Waals surface area contributed by atoms with Crippen molar-refractivity contribution in [3.8, 4) is 5.75 Å². The van der Waals surface area contributed by atoms with E-state index in [4.69, 9.17) is 4.74 Å². The van der Waals surface area contributed by atoms with E-state index in [9.17, 15) is 4.79 Å². The summed E-state index contributed by atoms with van der Waals surface area (Å²) in [7, 11) is 1.61. The fraction of sp³-hybridized carbons (Fsp3) is 0.467. The smallest absolute Gasteiger partial charge is 0.243 e. The quantitative estimate of drug-likeness (QED) is 0.674. The molecule has 1 aliphatic rings. The Balaban J connectivity index is 1.95. The zero-order chi connectivity index (χ0) is 14.4. The lowest BCUT2D eigenvalue weighted by atomic mass is 9.89. The molecule has 0 saturated heterocycles. The summed E-state index contributed by atoms with van der Waals surface area (Å²) in [6.45, 7) is 0. The van der Waals surface area contributed by atoms with Crippen molar-refractivity contribution in [2.45, 2.75) is 32.1 Å². The third kappa shape index (κ3) is 4.07. The molecule has 5 heteroatoms. The second-order valence-corrected chi connectivity index (χ2v) is 5.87. The first-order valence-electron chi connectivity index (χ1n) is 6.87. The molecule has 1 aromatic rings. The first-order chi connectivity index (χ1) is 9.70. The molecule has 1 amide bonds. The zero-order valence-electron chi connectivity index (χ0n) is 11.6. The van der Waals surface area contributed by atoms with Crippen molar-refractivity contribution in [3.63, 3.8) is 0 Å². The van der Waals surface area contributed by atoms with E-state index >= 15 is 0 Å². The number of methoxy groups -OCH3 is 1. The third-order valence-corrected chi connectivity index (χ3v) is 4.04. The van der Waals surface area contributed by atoms with Gasteiger partial charge < -0.3 is 4.74 Å². The second kappa shape index (κ2) is 7.43. The van der Waals surface area contributed by atoms with Crippen LogP contribution in [0.3, 0.4) is 0 Å². The highest BCUT2D eigenvalue weighted by Gasteiger charge is 2.20. The lowest BCUT2D eigenvalue weighted by Gasteiger charge is -2.19. The van der Waals surface area contributed by atoms with E-state index in [0.717, 1.165) is 41.5 Å². The summed E-state index contributed by atoms with van der Waals surface area (Å²) in [6, 6.07) is 5.65. The van der Waals surface area contributed by atoms with Gasteiger partial charge in [-0.1, -0.05) is 35.2 Å². The van der Waals surface area contributed by atoms with Crippen molar-refractivity contribution in [1.29, 1.82) is 0 Å². The minimum absolute atomic E-state index is 0.0231. The average Bonchev–Trinajstić information content (AvgIpc) is 2.48. The van der Waals surface area contributed by atoms with E-state index in [-0.39, 0.29) is 11.8 Å². The number of nitrogens with one attached hydrogen (secondary N) is 1. The molecule has 0 bridgehead atoms. The van der Waals surface area contributed by atoms with Gasteiger partial charge in [0.25, 0.3) is 0 Å². The molecule has 2 rings (SSSR count). The van der Waals surface area contributed by atoms with Crippen molar-refractivity contribution >= 4 is 28.1 Å². The topological polar surface area (TPSA) is 50.7 Å².